The number of hydrogen-bond acceptors (Lipinski definition) is 4. The van der Waals surface area contributed by atoms with Gasteiger partial charge in [-0.15, -0.1) is 0 Å². The summed E-state index contributed by atoms with van der Waals surface area (Å²) in [5, 5.41) is 11.2. The molecule has 0 atom stereocenters. The molecule has 138 valence electrons. The maximum atomic E-state index is 10.5. The van der Waals surface area contributed by atoms with Crippen molar-refractivity contribution in [2.45, 2.75) is 20.0 Å². The standard InChI is InChI=1S/C22H21ClN2O2/c1-15-4-3-7-24-20(15)14-25-8-9-27-22-18(13-25)10-17(12-21(22)26)16-5-2-6-19(23)11-16/h2-7,10-12,26H,8-9,13-14H2,1H3. The molecule has 3 aromatic rings. The highest BCUT2D eigenvalue weighted by Gasteiger charge is 2.20. The summed E-state index contributed by atoms with van der Waals surface area (Å²) >= 11 is 6.13. The van der Waals surface area contributed by atoms with E-state index in [1.54, 1.807) is 6.07 Å². The van der Waals surface area contributed by atoms with Crippen molar-refractivity contribution in [3.05, 3.63) is 76.6 Å². The molecule has 4 rings (SSSR count). The predicted octanol–water partition coefficient (Wildman–Crippen LogP) is 4.81. The molecule has 2 aromatic carbocycles. The molecule has 0 radical (unpaired) electrons. The summed E-state index contributed by atoms with van der Waals surface area (Å²) in [5.74, 6) is 0.736. The van der Waals surface area contributed by atoms with Crippen LogP contribution in [0.2, 0.25) is 5.02 Å². The molecule has 1 aromatic heterocycles. The van der Waals surface area contributed by atoms with E-state index in [0.29, 0.717) is 23.9 Å². The van der Waals surface area contributed by atoms with E-state index in [0.717, 1.165) is 35.5 Å². The van der Waals surface area contributed by atoms with Crippen molar-refractivity contribution in [2.75, 3.05) is 13.2 Å². The van der Waals surface area contributed by atoms with Crippen LogP contribution < -0.4 is 4.74 Å². The smallest absolute Gasteiger partial charge is 0.165 e. The second kappa shape index (κ2) is 7.59. The number of aryl methyl sites for hydroxylation is 1. The maximum absolute atomic E-state index is 10.5. The summed E-state index contributed by atoms with van der Waals surface area (Å²) in [6, 6.07) is 15.5. The topological polar surface area (TPSA) is 45.6 Å². The van der Waals surface area contributed by atoms with Gasteiger partial charge in [0.2, 0.25) is 0 Å². The first-order valence-corrected chi connectivity index (χ1v) is 9.35. The lowest BCUT2D eigenvalue weighted by Crippen LogP contribution is -2.26. The van der Waals surface area contributed by atoms with Gasteiger partial charge in [0.25, 0.3) is 0 Å². The Morgan fingerprint density at radius 2 is 2.04 bits per heavy atom. The van der Waals surface area contributed by atoms with Crippen LogP contribution >= 0.6 is 11.6 Å². The molecule has 0 aliphatic carbocycles. The number of phenols is 1. The zero-order valence-electron chi connectivity index (χ0n) is 15.2. The average Bonchev–Trinajstić information content (AvgIpc) is 2.86. The zero-order chi connectivity index (χ0) is 18.8. The Morgan fingerprint density at radius 3 is 2.85 bits per heavy atom. The number of halogens is 1. The lowest BCUT2D eigenvalue weighted by Gasteiger charge is -2.20. The Morgan fingerprint density at radius 1 is 1.15 bits per heavy atom. The number of hydrogen-bond donors (Lipinski definition) is 1. The number of aromatic nitrogens is 1. The number of ether oxygens (including phenoxy) is 1. The molecule has 5 heteroatoms. The van der Waals surface area contributed by atoms with Gasteiger partial charge in [-0.3, -0.25) is 9.88 Å². The molecule has 0 amide bonds. The van der Waals surface area contributed by atoms with E-state index in [2.05, 4.69) is 28.9 Å². The summed E-state index contributed by atoms with van der Waals surface area (Å²) in [4.78, 5) is 6.80. The lowest BCUT2D eigenvalue weighted by atomic mass is 10.0. The van der Waals surface area contributed by atoms with Crippen LogP contribution in [0, 0.1) is 6.92 Å². The summed E-state index contributed by atoms with van der Waals surface area (Å²) in [6.07, 6.45) is 1.83. The molecule has 0 fully saturated rings. The number of phenolic OH excluding ortho intramolecular Hbond substituents is 1. The third-order valence-electron chi connectivity index (χ3n) is 4.84. The number of fused-ring (bicyclic) bond motifs is 1. The van der Waals surface area contributed by atoms with Gasteiger partial charge in [-0.25, -0.2) is 0 Å². The molecular weight excluding hydrogens is 360 g/mol. The van der Waals surface area contributed by atoms with Crippen molar-refractivity contribution in [3.63, 3.8) is 0 Å². The minimum absolute atomic E-state index is 0.165. The molecule has 1 N–H and O–H groups in total. The van der Waals surface area contributed by atoms with Crippen molar-refractivity contribution >= 4 is 11.6 Å². The number of pyridine rings is 1. The molecule has 4 nitrogen and oxygen atoms in total. The average molecular weight is 381 g/mol. The minimum Gasteiger partial charge on any atom is -0.504 e. The third kappa shape index (κ3) is 3.92. The first kappa shape index (κ1) is 17.8. The van der Waals surface area contributed by atoms with Crippen LogP contribution in [-0.4, -0.2) is 28.1 Å². The van der Waals surface area contributed by atoms with Crippen LogP contribution in [0.1, 0.15) is 16.8 Å². The summed E-state index contributed by atoms with van der Waals surface area (Å²) in [7, 11) is 0. The van der Waals surface area contributed by atoms with Gasteiger partial charge in [0.05, 0.1) is 5.69 Å². The highest BCUT2D eigenvalue weighted by molar-refractivity contribution is 6.30. The Kier molecular flexibility index (Phi) is 5.01. The number of benzene rings is 2. The Hall–Kier alpha value is -2.56. The Labute approximate surface area is 164 Å². The molecule has 0 unspecified atom stereocenters. The van der Waals surface area contributed by atoms with E-state index in [-0.39, 0.29) is 5.75 Å². The summed E-state index contributed by atoms with van der Waals surface area (Å²) in [5.41, 5.74) is 5.11. The van der Waals surface area contributed by atoms with Gasteiger partial charge < -0.3 is 9.84 Å². The molecule has 0 saturated carbocycles. The van der Waals surface area contributed by atoms with Crippen molar-refractivity contribution in [1.29, 1.82) is 0 Å². The summed E-state index contributed by atoms with van der Waals surface area (Å²) < 4.78 is 5.85. The van der Waals surface area contributed by atoms with E-state index in [1.807, 2.05) is 36.5 Å². The highest BCUT2D eigenvalue weighted by atomic mass is 35.5. The molecule has 0 spiro atoms. The Bertz CT molecular complexity index is 974. The minimum atomic E-state index is 0.165. The fraction of sp³-hybridized carbons (Fsp3) is 0.227. The third-order valence-corrected chi connectivity index (χ3v) is 5.08. The molecule has 27 heavy (non-hydrogen) atoms. The molecule has 2 heterocycles. The van der Waals surface area contributed by atoms with Crippen molar-refractivity contribution in [3.8, 4) is 22.6 Å². The maximum Gasteiger partial charge on any atom is 0.165 e. The predicted molar refractivity (Wildman–Crippen MR) is 107 cm³/mol. The fourth-order valence-corrected chi connectivity index (χ4v) is 3.61. The van der Waals surface area contributed by atoms with Crippen LogP contribution in [0.5, 0.6) is 11.5 Å². The monoisotopic (exact) mass is 380 g/mol. The van der Waals surface area contributed by atoms with E-state index >= 15 is 0 Å². The number of nitrogens with zero attached hydrogens (tertiary/aromatic N) is 2. The van der Waals surface area contributed by atoms with E-state index in [1.165, 1.54) is 5.56 Å². The molecular formula is C22H21ClN2O2. The van der Waals surface area contributed by atoms with Gasteiger partial charge in [0, 0.05) is 36.4 Å². The van der Waals surface area contributed by atoms with Gasteiger partial charge in [0.15, 0.2) is 11.5 Å². The van der Waals surface area contributed by atoms with Crippen LogP contribution in [0.4, 0.5) is 0 Å². The van der Waals surface area contributed by atoms with Gasteiger partial charge in [-0.05, 0) is 53.9 Å². The van der Waals surface area contributed by atoms with E-state index in [4.69, 9.17) is 16.3 Å². The van der Waals surface area contributed by atoms with Gasteiger partial charge in [0.1, 0.15) is 6.61 Å². The SMILES string of the molecule is Cc1cccnc1CN1CCOc2c(O)cc(-c3cccc(Cl)c3)cc2C1. The van der Waals surface area contributed by atoms with Crippen LogP contribution in [-0.2, 0) is 13.1 Å². The lowest BCUT2D eigenvalue weighted by molar-refractivity contribution is 0.215. The van der Waals surface area contributed by atoms with Crippen molar-refractivity contribution in [2.24, 2.45) is 0 Å². The zero-order valence-corrected chi connectivity index (χ0v) is 15.9. The van der Waals surface area contributed by atoms with Crippen molar-refractivity contribution in [1.82, 2.24) is 9.88 Å². The van der Waals surface area contributed by atoms with Gasteiger partial charge >= 0.3 is 0 Å². The van der Waals surface area contributed by atoms with Crippen molar-refractivity contribution < 1.29 is 9.84 Å². The first-order chi connectivity index (χ1) is 13.1. The normalized spacial score (nSPS) is 14.3. The second-order valence-electron chi connectivity index (χ2n) is 6.82. The molecule has 0 bridgehead atoms. The Balaban J connectivity index is 1.66. The largest absolute Gasteiger partial charge is 0.504 e. The van der Waals surface area contributed by atoms with Gasteiger partial charge in [-0.2, -0.15) is 0 Å². The molecule has 1 aliphatic heterocycles. The second-order valence-corrected chi connectivity index (χ2v) is 7.26. The van der Waals surface area contributed by atoms with Crippen LogP contribution in [0.3, 0.4) is 0 Å². The van der Waals surface area contributed by atoms with Crippen LogP contribution in [0.25, 0.3) is 11.1 Å². The first-order valence-electron chi connectivity index (χ1n) is 8.97. The highest BCUT2D eigenvalue weighted by Crippen LogP contribution is 2.38. The molecule has 0 saturated heterocycles. The fourth-order valence-electron chi connectivity index (χ4n) is 3.42. The summed E-state index contributed by atoms with van der Waals surface area (Å²) in [6.45, 7) is 4.82. The van der Waals surface area contributed by atoms with E-state index in [9.17, 15) is 5.11 Å². The quantitative estimate of drug-likeness (QED) is 0.708. The number of aromatic hydroxyl groups is 1. The van der Waals surface area contributed by atoms with Crippen LogP contribution in [0.15, 0.2) is 54.7 Å². The molecule has 1 aliphatic rings. The number of rotatable bonds is 3. The van der Waals surface area contributed by atoms with Gasteiger partial charge in [-0.1, -0.05) is 29.8 Å². The van der Waals surface area contributed by atoms with E-state index < -0.39 is 0 Å².